The summed E-state index contributed by atoms with van der Waals surface area (Å²) in [4.78, 5) is 0. The molecule has 0 saturated heterocycles. The molecule has 1 saturated carbocycles. The van der Waals surface area contributed by atoms with E-state index >= 15 is 0 Å². The first-order chi connectivity index (χ1) is 7.75. The van der Waals surface area contributed by atoms with Gasteiger partial charge in [0.2, 0.25) is 0 Å². The molecule has 88 valence electrons. The van der Waals surface area contributed by atoms with Gasteiger partial charge in [-0.1, -0.05) is 25.0 Å². The van der Waals surface area contributed by atoms with E-state index < -0.39 is 0 Å². The molecular weight excluding hydrogens is 201 g/mol. The topological polar surface area (TPSA) is 12.0 Å². The Hall–Kier alpha value is -0.890. The molecule has 2 heteroatoms. The first kappa shape index (κ1) is 11.6. The first-order valence-electron chi connectivity index (χ1n) is 6.23. The van der Waals surface area contributed by atoms with Crippen LogP contribution in [-0.2, 0) is 6.54 Å². The van der Waals surface area contributed by atoms with Gasteiger partial charge in [0.25, 0.3) is 0 Å². The maximum absolute atomic E-state index is 13.0. The van der Waals surface area contributed by atoms with Gasteiger partial charge in [0.15, 0.2) is 0 Å². The van der Waals surface area contributed by atoms with Gasteiger partial charge in [-0.25, -0.2) is 4.39 Å². The summed E-state index contributed by atoms with van der Waals surface area (Å²) in [5.41, 5.74) is 1.03. The fourth-order valence-corrected chi connectivity index (χ4v) is 2.55. The minimum absolute atomic E-state index is 0.146. The van der Waals surface area contributed by atoms with Crippen molar-refractivity contribution in [2.45, 2.75) is 45.2 Å². The molecule has 1 N–H and O–H groups in total. The minimum Gasteiger partial charge on any atom is -0.310 e. The molecule has 0 unspecified atom stereocenters. The van der Waals surface area contributed by atoms with E-state index in [-0.39, 0.29) is 5.82 Å². The molecule has 1 fully saturated rings. The minimum atomic E-state index is -0.146. The van der Waals surface area contributed by atoms with Crippen LogP contribution in [0.3, 0.4) is 0 Å². The Labute approximate surface area is 97.1 Å². The Kier molecular flexibility index (Phi) is 3.94. The lowest BCUT2D eigenvalue weighted by atomic mass is 9.99. The van der Waals surface area contributed by atoms with Crippen molar-refractivity contribution in [3.05, 3.63) is 35.6 Å². The lowest BCUT2D eigenvalue weighted by molar-refractivity contribution is 0.380. The number of benzene rings is 1. The summed E-state index contributed by atoms with van der Waals surface area (Å²) in [5, 5.41) is 3.50. The van der Waals surface area contributed by atoms with E-state index in [1.165, 1.54) is 31.7 Å². The average molecular weight is 221 g/mol. The van der Waals surface area contributed by atoms with Crippen molar-refractivity contribution in [2.24, 2.45) is 5.92 Å². The average Bonchev–Trinajstić information content (AvgIpc) is 2.79. The van der Waals surface area contributed by atoms with E-state index in [1.54, 1.807) is 12.1 Å². The van der Waals surface area contributed by atoms with Gasteiger partial charge in [-0.2, -0.15) is 0 Å². The molecule has 0 heterocycles. The van der Waals surface area contributed by atoms with E-state index in [1.807, 2.05) is 6.07 Å². The second-order valence-corrected chi connectivity index (χ2v) is 4.84. The van der Waals surface area contributed by atoms with Gasteiger partial charge in [0.05, 0.1) is 0 Å². The van der Waals surface area contributed by atoms with Crippen LogP contribution in [0.5, 0.6) is 0 Å². The summed E-state index contributed by atoms with van der Waals surface area (Å²) in [7, 11) is 0. The molecule has 0 aromatic heterocycles. The van der Waals surface area contributed by atoms with E-state index in [4.69, 9.17) is 0 Å². The van der Waals surface area contributed by atoms with Crippen molar-refractivity contribution < 1.29 is 4.39 Å². The number of halogens is 1. The highest BCUT2D eigenvalue weighted by Gasteiger charge is 2.20. The normalized spacial score (nSPS) is 18.9. The molecular formula is C14H20FN. The summed E-state index contributed by atoms with van der Waals surface area (Å²) in [5.74, 6) is 0.668. The summed E-state index contributed by atoms with van der Waals surface area (Å²) < 4.78 is 13.0. The van der Waals surface area contributed by atoms with Crippen LogP contribution in [0.1, 0.15) is 38.2 Å². The maximum Gasteiger partial charge on any atom is 0.123 e. The first-order valence-corrected chi connectivity index (χ1v) is 6.23. The zero-order valence-electron chi connectivity index (χ0n) is 9.88. The third-order valence-corrected chi connectivity index (χ3v) is 3.62. The van der Waals surface area contributed by atoms with Gasteiger partial charge in [-0.15, -0.1) is 0 Å². The van der Waals surface area contributed by atoms with Gasteiger partial charge >= 0.3 is 0 Å². The van der Waals surface area contributed by atoms with E-state index in [0.717, 1.165) is 18.0 Å². The van der Waals surface area contributed by atoms with Gasteiger partial charge in [0, 0.05) is 12.6 Å². The van der Waals surface area contributed by atoms with Crippen LogP contribution in [0.2, 0.25) is 0 Å². The molecule has 1 aromatic rings. The molecule has 1 atom stereocenters. The molecule has 0 aliphatic heterocycles. The van der Waals surface area contributed by atoms with Crippen molar-refractivity contribution >= 4 is 0 Å². The van der Waals surface area contributed by atoms with Crippen LogP contribution in [0.15, 0.2) is 24.3 Å². The van der Waals surface area contributed by atoms with Crippen LogP contribution in [0.4, 0.5) is 4.39 Å². The van der Waals surface area contributed by atoms with Crippen LogP contribution >= 0.6 is 0 Å². The molecule has 1 aliphatic rings. The largest absolute Gasteiger partial charge is 0.310 e. The van der Waals surface area contributed by atoms with E-state index in [9.17, 15) is 4.39 Å². The number of hydrogen-bond acceptors (Lipinski definition) is 1. The number of hydrogen-bond donors (Lipinski definition) is 1. The fourth-order valence-electron chi connectivity index (χ4n) is 2.55. The fraction of sp³-hybridized carbons (Fsp3) is 0.571. The van der Waals surface area contributed by atoms with E-state index in [2.05, 4.69) is 12.2 Å². The number of nitrogens with one attached hydrogen (secondary N) is 1. The Morgan fingerprint density at radius 1 is 1.38 bits per heavy atom. The van der Waals surface area contributed by atoms with Crippen LogP contribution in [0, 0.1) is 11.7 Å². The lowest BCUT2D eigenvalue weighted by Crippen LogP contribution is -2.31. The highest BCUT2D eigenvalue weighted by Crippen LogP contribution is 2.27. The van der Waals surface area contributed by atoms with Crippen LogP contribution < -0.4 is 5.32 Å². The Balaban J connectivity index is 1.82. The zero-order valence-corrected chi connectivity index (χ0v) is 9.88. The third-order valence-electron chi connectivity index (χ3n) is 3.62. The molecule has 2 rings (SSSR count). The second-order valence-electron chi connectivity index (χ2n) is 4.84. The van der Waals surface area contributed by atoms with Crippen molar-refractivity contribution in [2.75, 3.05) is 0 Å². The summed E-state index contributed by atoms with van der Waals surface area (Å²) in [6.07, 6.45) is 5.43. The van der Waals surface area contributed by atoms with Gasteiger partial charge < -0.3 is 5.32 Å². The van der Waals surface area contributed by atoms with E-state index in [0.29, 0.717) is 6.04 Å². The molecule has 16 heavy (non-hydrogen) atoms. The summed E-state index contributed by atoms with van der Waals surface area (Å²) in [6.45, 7) is 3.02. The van der Waals surface area contributed by atoms with Crippen molar-refractivity contribution in [3.63, 3.8) is 0 Å². The van der Waals surface area contributed by atoms with Gasteiger partial charge in [-0.05, 0) is 43.4 Å². The molecule has 0 amide bonds. The Morgan fingerprint density at radius 3 is 2.81 bits per heavy atom. The molecule has 1 aromatic carbocycles. The predicted molar refractivity (Wildman–Crippen MR) is 64.7 cm³/mol. The standard InChI is InChI=1S/C14H20FN/c1-11(13-6-2-3-7-13)16-10-12-5-4-8-14(15)9-12/h4-5,8-9,11,13,16H,2-3,6-7,10H2,1H3/t11-/m1/s1. The molecule has 0 bridgehead atoms. The highest BCUT2D eigenvalue weighted by molar-refractivity contribution is 5.16. The second kappa shape index (κ2) is 5.44. The SMILES string of the molecule is C[C@@H](NCc1cccc(F)c1)C1CCCC1. The van der Waals surface area contributed by atoms with Crippen molar-refractivity contribution in [3.8, 4) is 0 Å². The van der Waals surface area contributed by atoms with Crippen LogP contribution in [-0.4, -0.2) is 6.04 Å². The predicted octanol–water partition coefficient (Wildman–Crippen LogP) is 3.49. The number of rotatable bonds is 4. The zero-order chi connectivity index (χ0) is 11.4. The monoisotopic (exact) mass is 221 g/mol. The highest BCUT2D eigenvalue weighted by atomic mass is 19.1. The maximum atomic E-state index is 13.0. The lowest BCUT2D eigenvalue weighted by Gasteiger charge is -2.20. The molecule has 0 radical (unpaired) electrons. The Morgan fingerprint density at radius 2 is 2.12 bits per heavy atom. The van der Waals surface area contributed by atoms with Crippen molar-refractivity contribution in [1.82, 2.24) is 5.32 Å². The quantitative estimate of drug-likeness (QED) is 0.820. The van der Waals surface area contributed by atoms with Gasteiger partial charge in [0.1, 0.15) is 5.82 Å². The molecule has 1 aliphatic carbocycles. The summed E-state index contributed by atoms with van der Waals surface area (Å²) in [6, 6.07) is 7.38. The van der Waals surface area contributed by atoms with Crippen molar-refractivity contribution in [1.29, 1.82) is 0 Å². The Bertz CT molecular complexity index is 331. The summed E-state index contributed by atoms with van der Waals surface area (Å²) >= 11 is 0. The van der Waals surface area contributed by atoms with Crippen LogP contribution in [0.25, 0.3) is 0 Å². The molecule has 0 spiro atoms. The smallest absolute Gasteiger partial charge is 0.123 e. The molecule has 1 nitrogen and oxygen atoms in total. The third kappa shape index (κ3) is 3.05. The van der Waals surface area contributed by atoms with Gasteiger partial charge in [-0.3, -0.25) is 0 Å².